The van der Waals surface area contributed by atoms with E-state index < -0.39 is 0 Å². The molecule has 1 N–H and O–H groups in total. The first-order valence-corrected chi connectivity index (χ1v) is 12.8. The van der Waals surface area contributed by atoms with Crippen LogP contribution in [0.25, 0.3) is 21.9 Å². The van der Waals surface area contributed by atoms with Gasteiger partial charge in [-0.15, -0.1) is 0 Å². The van der Waals surface area contributed by atoms with Crippen LogP contribution in [-0.4, -0.2) is 62.1 Å². The van der Waals surface area contributed by atoms with E-state index in [1.54, 1.807) is 14.2 Å². The lowest BCUT2D eigenvalue weighted by atomic mass is 10.1. The van der Waals surface area contributed by atoms with E-state index in [4.69, 9.17) is 28.3 Å². The third kappa shape index (κ3) is 5.37. The molecule has 0 unspecified atom stereocenters. The van der Waals surface area contributed by atoms with Gasteiger partial charge in [-0.1, -0.05) is 24.3 Å². The van der Waals surface area contributed by atoms with Gasteiger partial charge in [0.05, 0.1) is 34.0 Å². The van der Waals surface area contributed by atoms with Crippen LogP contribution in [0, 0.1) is 0 Å². The lowest BCUT2D eigenvalue weighted by Crippen LogP contribution is -2.37. The fourth-order valence-electron chi connectivity index (χ4n) is 4.60. The Hall–Kier alpha value is -4.57. The summed E-state index contributed by atoms with van der Waals surface area (Å²) in [6.07, 6.45) is 0.645. The average Bonchev–Trinajstić information content (AvgIpc) is 3.35. The van der Waals surface area contributed by atoms with Crippen LogP contribution in [-0.2, 0) is 11.2 Å². The smallest absolute Gasteiger partial charge is 0.323 e. The van der Waals surface area contributed by atoms with Gasteiger partial charge in [0.2, 0.25) is 11.9 Å². The summed E-state index contributed by atoms with van der Waals surface area (Å²) in [5.41, 5.74) is 3.56. The molecular formula is C29H29N5O5. The summed E-state index contributed by atoms with van der Waals surface area (Å²) >= 11 is 0. The van der Waals surface area contributed by atoms with Crippen molar-refractivity contribution in [2.75, 3.05) is 57.3 Å². The number of ether oxygens (including phenoxy) is 4. The first-order valence-electron chi connectivity index (χ1n) is 12.8. The van der Waals surface area contributed by atoms with Crippen LogP contribution < -0.4 is 24.4 Å². The van der Waals surface area contributed by atoms with E-state index in [0.717, 1.165) is 33.2 Å². The van der Waals surface area contributed by atoms with Crippen LogP contribution >= 0.6 is 0 Å². The van der Waals surface area contributed by atoms with Crippen molar-refractivity contribution in [2.24, 2.45) is 0 Å². The van der Waals surface area contributed by atoms with Gasteiger partial charge in [-0.3, -0.25) is 0 Å². The molecule has 3 heterocycles. The molecule has 10 nitrogen and oxygen atoms in total. The molecule has 1 fully saturated rings. The molecule has 3 aromatic carbocycles. The number of fused-ring (bicyclic) bond motifs is 3. The van der Waals surface area contributed by atoms with Crippen LogP contribution in [0.2, 0.25) is 0 Å². The number of morpholine rings is 1. The molecule has 2 aromatic heterocycles. The summed E-state index contributed by atoms with van der Waals surface area (Å²) in [5, 5.41) is 5.41. The van der Waals surface area contributed by atoms with Crippen molar-refractivity contribution >= 4 is 39.5 Å². The van der Waals surface area contributed by atoms with Gasteiger partial charge in [-0.2, -0.15) is 15.0 Å². The Morgan fingerprint density at radius 3 is 2.51 bits per heavy atom. The van der Waals surface area contributed by atoms with E-state index in [2.05, 4.69) is 26.3 Å². The number of nitrogens with one attached hydrogen (secondary N) is 1. The normalized spacial score (nSPS) is 13.5. The number of methoxy groups -OCH3 is 2. The van der Waals surface area contributed by atoms with Crippen molar-refractivity contribution in [1.29, 1.82) is 0 Å². The molecule has 0 atom stereocenters. The Bertz CT molecular complexity index is 1600. The zero-order valence-electron chi connectivity index (χ0n) is 21.8. The molecule has 6 rings (SSSR count). The highest BCUT2D eigenvalue weighted by Gasteiger charge is 2.18. The lowest BCUT2D eigenvalue weighted by molar-refractivity contribution is 0.122. The summed E-state index contributed by atoms with van der Waals surface area (Å²) in [5.74, 6) is 2.32. The van der Waals surface area contributed by atoms with Crippen molar-refractivity contribution < 1.29 is 23.4 Å². The average molecular weight is 528 g/mol. The molecule has 39 heavy (non-hydrogen) atoms. The maximum atomic E-state index is 6.02. The van der Waals surface area contributed by atoms with E-state index in [1.807, 2.05) is 54.6 Å². The van der Waals surface area contributed by atoms with Crippen molar-refractivity contribution in [2.45, 2.75) is 6.42 Å². The molecule has 10 heteroatoms. The highest BCUT2D eigenvalue weighted by Crippen LogP contribution is 2.32. The minimum absolute atomic E-state index is 0.254. The Morgan fingerprint density at radius 2 is 1.67 bits per heavy atom. The molecule has 0 bridgehead atoms. The van der Waals surface area contributed by atoms with Gasteiger partial charge < -0.3 is 33.6 Å². The van der Waals surface area contributed by atoms with Gasteiger partial charge in [0.15, 0.2) is 11.5 Å². The maximum Gasteiger partial charge on any atom is 0.323 e. The first kappa shape index (κ1) is 24.7. The second-order valence-corrected chi connectivity index (χ2v) is 9.06. The third-order valence-electron chi connectivity index (χ3n) is 6.60. The molecule has 0 aliphatic carbocycles. The van der Waals surface area contributed by atoms with Crippen molar-refractivity contribution in [3.63, 3.8) is 0 Å². The van der Waals surface area contributed by atoms with E-state index in [0.29, 0.717) is 62.7 Å². The third-order valence-corrected chi connectivity index (χ3v) is 6.60. The predicted octanol–water partition coefficient (Wildman–Crippen LogP) is 4.99. The van der Waals surface area contributed by atoms with E-state index in [-0.39, 0.29) is 6.01 Å². The summed E-state index contributed by atoms with van der Waals surface area (Å²) in [7, 11) is 3.24. The highest BCUT2D eigenvalue weighted by atomic mass is 16.5. The molecule has 0 radical (unpaired) electrons. The second-order valence-electron chi connectivity index (χ2n) is 9.06. The number of aromatic nitrogens is 3. The monoisotopic (exact) mass is 527 g/mol. The summed E-state index contributed by atoms with van der Waals surface area (Å²) in [4.78, 5) is 15.9. The quantitative estimate of drug-likeness (QED) is 0.282. The maximum absolute atomic E-state index is 6.02. The highest BCUT2D eigenvalue weighted by molar-refractivity contribution is 6.06. The molecule has 0 saturated carbocycles. The second kappa shape index (κ2) is 11.0. The summed E-state index contributed by atoms with van der Waals surface area (Å²) in [6.45, 7) is 3.01. The first-order chi connectivity index (χ1) is 19.2. The van der Waals surface area contributed by atoms with Gasteiger partial charge in [0.25, 0.3) is 0 Å². The van der Waals surface area contributed by atoms with Crippen molar-refractivity contribution in [3.05, 3.63) is 66.2 Å². The number of nitrogens with zero attached hydrogens (tertiary/aromatic N) is 4. The van der Waals surface area contributed by atoms with E-state index >= 15 is 0 Å². The largest absolute Gasteiger partial charge is 0.493 e. The molecule has 0 spiro atoms. The number of furan rings is 1. The van der Waals surface area contributed by atoms with Crippen LogP contribution in [0.1, 0.15) is 5.56 Å². The lowest BCUT2D eigenvalue weighted by Gasteiger charge is -2.27. The van der Waals surface area contributed by atoms with Gasteiger partial charge >= 0.3 is 6.01 Å². The summed E-state index contributed by atoms with van der Waals surface area (Å²) < 4.78 is 28.2. The number of para-hydroxylation sites is 1. The van der Waals surface area contributed by atoms with Crippen LogP contribution in [0.5, 0.6) is 17.5 Å². The molecular weight excluding hydrogens is 498 g/mol. The van der Waals surface area contributed by atoms with Gasteiger partial charge in [-0.25, -0.2) is 0 Å². The summed E-state index contributed by atoms with van der Waals surface area (Å²) in [6, 6.07) is 20.0. The predicted molar refractivity (Wildman–Crippen MR) is 149 cm³/mol. The fourth-order valence-corrected chi connectivity index (χ4v) is 4.60. The van der Waals surface area contributed by atoms with Crippen LogP contribution in [0.4, 0.5) is 17.6 Å². The standard InChI is InChI=1S/C29H29N5O5/c1-35-25-9-7-19(17-26(25)36-2)11-14-38-29-32-27(31-28(33-29)34-12-15-37-16-13-34)30-20-8-10-24-22(18-20)21-5-3-4-6-23(21)39-24/h3-10,17-18H,11-16H2,1-2H3,(H,30,31,32,33). The SMILES string of the molecule is COc1ccc(CCOc2nc(Nc3ccc4oc5ccccc5c4c3)nc(N3CCOCC3)n2)cc1OC. The number of hydrogen-bond acceptors (Lipinski definition) is 10. The zero-order valence-corrected chi connectivity index (χ0v) is 21.8. The van der Waals surface area contributed by atoms with E-state index in [9.17, 15) is 0 Å². The molecule has 1 saturated heterocycles. The number of anilines is 3. The topological polar surface area (TPSA) is 104 Å². The molecule has 1 aliphatic rings. The van der Waals surface area contributed by atoms with Crippen LogP contribution in [0.15, 0.2) is 65.1 Å². The Morgan fingerprint density at radius 1 is 0.846 bits per heavy atom. The van der Waals surface area contributed by atoms with Crippen molar-refractivity contribution in [1.82, 2.24) is 15.0 Å². The number of benzene rings is 3. The Balaban J connectivity index is 1.24. The Kier molecular flexibility index (Phi) is 7.01. The number of hydrogen-bond donors (Lipinski definition) is 1. The molecule has 5 aromatic rings. The Labute approximate surface area is 225 Å². The van der Waals surface area contributed by atoms with Crippen LogP contribution in [0.3, 0.4) is 0 Å². The van der Waals surface area contributed by atoms with E-state index in [1.165, 1.54) is 0 Å². The molecule has 0 amide bonds. The minimum atomic E-state index is 0.254. The van der Waals surface area contributed by atoms with Crippen molar-refractivity contribution in [3.8, 4) is 17.5 Å². The van der Waals surface area contributed by atoms with Gasteiger partial charge in [0, 0.05) is 36.0 Å². The molecule has 200 valence electrons. The van der Waals surface area contributed by atoms with Gasteiger partial charge in [-0.05, 0) is 42.0 Å². The number of rotatable bonds is 9. The fraction of sp³-hybridized carbons (Fsp3) is 0.276. The van der Waals surface area contributed by atoms with Gasteiger partial charge in [0.1, 0.15) is 11.2 Å². The molecule has 1 aliphatic heterocycles. The zero-order chi connectivity index (χ0) is 26.6. The minimum Gasteiger partial charge on any atom is -0.493 e.